The molecule has 1 aliphatic rings. The van der Waals surface area contributed by atoms with Crippen molar-refractivity contribution < 1.29 is 19.1 Å². The number of ether oxygens (including phenoxy) is 2. The molecule has 26 heavy (non-hydrogen) atoms. The summed E-state index contributed by atoms with van der Waals surface area (Å²) in [5, 5.41) is 2.05. The molecule has 7 heteroatoms. The third-order valence-corrected chi connectivity index (χ3v) is 5.62. The number of esters is 1. The monoisotopic (exact) mass is 437 g/mol. The highest BCUT2D eigenvalue weighted by atomic mass is 79.9. The molecule has 0 aliphatic carbocycles. The fourth-order valence-electron chi connectivity index (χ4n) is 2.73. The topological polar surface area (TPSA) is 55.8 Å². The van der Waals surface area contributed by atoms with Gasteiger partial charge in [-0.2, -0.15) is 0 Å². The number of thiophene rings is 1. The van der Waals surface area contributed by atoms with E-state index in [-0.39, 0.29) is 24.9 Å². The Hall–Kier alpha value is -1.86. The first-order valence-corrected chi connectivity index (χ1v) is 10.2. The van der Waals surface area contributed by atoms with Crippen LogP contribution < -0.4 is 4.74 Å². The Kier molecular flexibility index (Phi) is 6.68. The summed E-state index contributed by atoms with van der Waals surface area (Å²) in [6.45, 7) is 1.53. The molecular weight excluding hydrogens is 418 g/mol. The van der Waals surface area contributed by atoms with Crippen LogP contribution in [0.4, 0.5) is 0 Å². The average Bonchev–Trinajstić information content (AvgIpc) is 3.11. The van der Waals surface area contributed by atoms with Crippen LogP contribution in [-0.2, 0) is 27.3 Å². The van der Waals surface area contributed by atoms with Crippen LogP contribution in [0.15, 0.2) is 40.2 Å². The summed E-state index contributed by atoms with van der Waals surface area (Å²) in [6, 6.07) is 9.59. The number of rotatable bonds is 7. The maximum Gasteiger partial charge on any atom is 0.306 e. The van der Waals surface area contributed by atoms with Crippen molar-refractivity contribution in [1.82, 2.24) is 4.90 Å². The Bertz CT molecular complexity index is 776. The maximum absolute atomic E-state index is 12.2. The smallest absolute Gasteiger partial charge is 0.306 e. The van der Waals surface area contributed by atoms with E-state index < -0.39 is 0 Å². The van der Waals surface area contributed by atoms with Crippen LogP contribution in [0, 0.1) is 0 Å². The predicted octanol–water partition coefficient (Wildman–Crippen LogP) is 3.80. The minimum Gasteiger partial charge on any atom is -0.494 e. The van der Waals surface area contributed by atoms with Crippen molar-refractivity contribution >= 4 is 39.1 Å². The molecule has 0 saturated carbocycles. The molecule has 0 bridgehead atoms. The SMILES string of the molecule is O=C(CCCOc1cccc(Br)c1)OCC(=O)N1CCc2sccc2C1. The van der Waals surface area contributed by atoms with E-state index in [1.165, 1.54) is 10.4 Å². The number of benzene rings is 1. The Balaban J connectivity index is 1.32. The largest absolute Gasteiger partial charge is 0.494 e. The van der Waals surface area contributed by atoms with E-state index >= 15 is 0 Å². The lowest BCUT2D eigenvalue weighted by Crippen LogP contribution is -2.38. The lowest BCUT2D eigenvalue weighted by atomic mass is 10.1. The number of carbonyl (C=O) groups excluding carboxylic acids is 2. The summed E-state index contributed by atoms with van der Waals surface area (Å²) in [4.78, 5) is 27.1. The molecule has 0 spiro atoms. The predicted molar refractivity (Wildman–Crippen MR) is 103 cm³/mol. The van der Waals surface area contributed by atoms with Gasteiger partial charge in [0.15, 0.2) is 6.61 Å². The Morgan fingerprint density at radius 2 is 2.15 bits per heavy atom. The van der Waals surface area contributed by atoms with Gasteiger partial charge in [-0.25, -0.2) is 0 Å². The molecule has 1 aliphatic heterocycles. The zero-order chi connectivity index (χ0) is 18.4. The van der Waals surface area contributed by atoms with Gasteiger partial charge in [-0.3, -0.25) is 9.59 Å². The summed E-state index contributed by atoms with van der Waals surface area (Å²) < 4.78 is 11.6. The maximum atomic E-state index is 12.2. The second kappa shape index (κ2) is 9.19. The van der Waals surface area contributed by atoms with Crippen molar-refractivity contribution in [3.05, 3.63) is 50.6 Å². The molecule has 0 atom stereocenters. The molecule has 1 aromatic carbocycles. The van der Waals surface area contributed by atoms with Gasteiger partial charge in [0.25, 0.3) is 5.91 Å². The number of amides is 1. The van der Waals surface area contributed by atoms with Gasteiger partial charge in [0.2, 0.25) is 0 Å². The lowest BCUT2D eigenvalue weighted by Gasteiger charge is -2.26. The van der Waals surface area contributed by atoms with Crippen molar-refractivity contribution in [2.45, 2.75) is 25.8 Å². The zero-order valence-electron chi connectivity index (χ0n) is 14.3. The van der Waals surface area contributed by atoms with E-state index in [1.54, 1.807) is 16.2 Å². The van der Waals surface area contributed by atoms with Crippen LogP contribution in [0.5, 0.6) is 5.75 Å². The molecular formula is C19H20BrNO4S. The number of hydrogen-bond donors (Lipinski definition) is 0. The normalized spacial score (nSPS) is 13.2. The van der Waals surface area contributed by atoms with Crippen LogP contribution in [0.3, 0.4) is 0 Å². The highest BCUT2D eigenvalue weighted by Gasteiger charge is 2.22. The van der Waals surface area contributed by atoms with Crippen molar-refractivity contribution in [3.63, 3.8) is 0 Å². The molecule has 2 aromatic rings. The fourth-order valence-corrected chi connectivity index (χ4v) is 4.00. The zero-order valence-corrected chi connectivity index (χ0v) is 16.7. The van der Waals surface area contributed by atoms with Gasteiger partial charge in [-0.15, -0.1) is 11.3 Å². The minimum absolute atomic E-state index is 0.138. The van der Waals surface area contributed by atoms with E-state index in [0.717, 1.165) is 16.6 Å². The quantitative estimate of drug-likeness (QED) is 0.488. The number of carbonyl (C=O) groups is 2. The number of nitrogens with zero attached hydrogens (tertiary/aromatic N) is 1. The fraction of sp³-hybridized carbons (Fsp3) is 0.368. The molecule has 1 amide bonds. The third kappa shape index (κ3) is 5.32. The number of fused-ring (bicyclic) bond motifs is 1. The summed E-state index contributed by atoms with van der Waals surface area (Å²) in [6.07, 6.45) is 1.65. The first-order chi connectivity index (χ1) is 12.6. The standard InChI is InChI=1S/C19H20BrNO4S/c20-15-3-1-4-16(11-15)24-9-2-5-19(23)25-13-18(22)21-8-6-17-14(12-21)7-10-26-17/h1,3-4,7,10-11H,2,5-6,8-9,12-13H2. The lowest BCUT2D eigenvalue weighted by molar-refractivity contribution is -0.152. The molecule has 0 saturated heterocycles. The second-order valence-electron chi connectivity index (χ2n) is 6.00. The van der Waals surface area contributed by atoms with E-state index in [9.17, 15) is 9.59 Å². The molecule has 0 radical (unpaired) electrons. The van der Waals surface area contributed by atoms with Crippen molar-refractivity contribution in [2.75, 3.05) is 19.8 Å². The summed E-state index contributed by atoms with van der Waals surface area (Å²) in [7, 11) is 0. The summed E-state index contributed by atoms with van der Waals surface area (Å²) in [5.41, 5.74) is 1.20. The third-order valence-electron chi connectivity index (χ3n) is 4.11. The van der Waals surface area contributed by atoms with Crippen molar-refractivity contribution in [1.29, 1.82) is 0 Å². The van der Waals surface area contributed by atoms with Crippen molar-refractivity contribution in [3.8, 4) is 5.75 Å². The van der Waals surface area contributed by atoms with E-state index in [2.05, 4.69) is 27.4 Å². The number of hydrogen-bond acceptors (Lipinski definition) is 5. The second-order valence-corrected chi connectivity index (χ2v) is 7.92. The van der Waals surface area contributed by atoms with E-state index in [1.807, 2.05) is 24.3 Å². The molecule has 0 N–H and O–H groups in total. The molecule has 2 heterocycles. The minimum atomic E-state index is -0.371. The van der Waals surface area contributed by atoms with Gasteiger partial charge in [-0.1, -0.05) is 22.0 Å². The molecule has 3 rings (SSSR count). The molecule has 0 unspecified atom stereocenters. The van der Waals surface area contributed by atoms with Gasteiger partial charge in [0.05, 0.1) is 6.61 Å². The van der Waals surface area contributed by atoms with E-state index in [4.69, 9.17) is 9.47 Å². The number of halogens is 1. The van der Waals surface area contributed by atoms with Crippen LogP contribution in [0.2, 0.25) is 0 Å². The molecule has 1 aromatic heterocycles. The van der Waals surface area contributed by atoms with Crippen molar-refractivity contribution in [2.24, 2.45) is 0 Å². The van der Waals surface area contributed by atoms with Crippen LogP contribution >= 0.6 is 27.3 Å². The highest BCUT2D eigenvalue weighted by molar-refractivity contribution is 9.10. The van der Waals surface area contributed by atoms with Gasteiger partial charge >= 0.3 is 5.97 Å². The first-order valence-electron chi connectivity index (χ1n) is 8.49. The van der Waals surface area contributed by atoms with Crippen LogP contribution in [-0.4, -0.2) is 36.5 Å². The Morgan fingerprint density at radius 1 is 1.27 bits per heavy atom. The van der Waals surface area contributed by atoms with E-state index in [0.29, 0.717) is 26.1 Å². The van der Waals surface area contributed by atoms with Gasteiger partial charge < -0.3 is 14.4 Å². The summed E-state index contributed by atoms with van der Waals surface area (Å²) in [5.74, 6) is 0.242. The molecule has 0 fully saturated rings. The molecule has 5 nitrogen and oxygen atoms in total. The van der Waals surface area contributed by atoms with Gasteiger partial charge in [0, 0.05) is 28.9 Å². The average molecular weight is 438 g/mol. The van der Waals surface area contributed by atoms with Gasteiger partial charge in [-0.05, 0) is 48.1 Å². The van der Waals surface area contributed by atoms with Gasteiger partial charge in [0.1, 0.15) is 5.75 Å². The Labute approximate surface area is 165 Å². The van der Waals surface area contributed by atoms with Crippen LogP contribution in [0.1, 0.15) is 23.3 Å². The first kappa shape index (κ1) is 18.9. The highest BCUT2D eigenvalue weighted by Crippen LogP contribution is 2.24. The molecule has 138 valence electrons. The summed E-state index contributed by atoms with van der Waals surface area (Å²) >= 11 is 5.11. The van der Waals surface area contributed by atoms with Crippen LogP contribution in [0.25, 0.3) is 0 Å². The Morgan fingerprint density at radius 3 is 3.00 bits per heavy atom.